The first-order valence-corrected chi connectivity index (χ1v) is 11.7. The molecule has 1 amide bonds. The molecule has 0 bridgehead atoms. The zero-order valence-corrected chi connectivity index (χ0v) is 20.1. The number of anilines is 1. The topological polar surface area (TPSA) is 54.0 Å². The fourth-order valence-corrected chi connectivity index (χ4v) is 4.76. The summed E-state index contributed by atoms with van der Waals surface area (Å²) in [4.78, 5) is 17.0. The number of carbonyl (C=O) groups is 1. The van der Waals surface area contributed by atoms with Gasteiger partial charge < -0.3 is 5.32 Å². The summed E-state index contributed by atoms with van der Waals surface area (Å²) in [5.41, 5.74) is 2.92. The molecule has 0 aliphatic heterocycles. The minimum atomic E-state index is -0.385. The summed E-state index contributed by atoms with van der Waals surface area (Å²) in [5.74, 6) is -0.385. The standard InChI is InChI=1S/C23H14Cl3N3OS2/c24-14-8-5-13(6-9-14)7-10-20(30)28-23(31)29-21-16(11-15(25)12-17(21)26)22-27-18-3-1-2-4-19(18)32-22/h1-12H,(H2,28,29,30,31)/b10-7+. The highest BCUT2D eigenvalue weighted by atomic mass is 35.5. The van der Waals surface area contributed by atoms with Crippen molar-refractivity contribution in [1.82, 2.24) is 10.3 Å². The molecule has 4 nitrogen and oxygen atoms in total. The van der Waals surface area contributed by atoms with Gasteiger partial charge in [-0.1, -0.05) is 59.1 Å². The molecular formula is C23H14Cl3N3OS2. The molecule has 0 radical (unpaired) electrons. The third-order valence-electron chi connectivity index (χ3n) is 4.35. The van der Waals surface area contributed by atoms with Crippen molar-refractivity contribution in [3.8, 4) is 10.6 Å². The first kappa shape index (κ1) is 22.7. The number of thiocarbonyl (C=S) groups is 1. The van der Waals surface area contributed by atoms with E-state index in [4.69, 9.17) is 47.0 Å². The third-order valence-corrected chi connectivity index (χ3v) is 6.39. The van der Waals surface area contributed by atoms with Crippen LogP contribution in [-0.4, -0.2) is 16.0 Å². The number of halogens is 3. The number of fused-ring (bicyclic) bond motifs is 1. The number of carbonyl (C=O) groups excluding carboxylic acids is 1. The molecule has 0 unspecified atom stereocenters. The molecule has 0 saturated carbocycles. The van der Waals surface area contributed by atoms with E-state index in [9.17, 15) is 4.79 Å². The second kappa shape index (κ2) is 9.98. The van der Waals surface area contributed by atoms with Gasteiger partial charge in [0, 0.05) is 21.7 Å². The van der Waals surface area contributed by atoms with Crippen LogP contribution in [0.2, 0.25) is 15.1 Å². The van der Waals surface area contributed by atoms with Crippen molar-refractivity contribution in [2.75, 3.05) is 5.32 Å². The summed E-state index contributed by atoms with van der Waals surface area (Å²) in [7, 11) is 0. The highest BCUT2D eigenvalue weighted by Crippen LogP contribution is 2.40. The number of aromatic nitrogens is 1. The molecule has 3 aromatic carbocycles. The van der Waals surface area contributed by atoms with Crippen LogP contribution in [0.1, 0.15) is 5.56 Å². The number of nitrogens with zero attached hydrogens (tertiary/aromatic N) is 1. The molecule has 9 heteroatoms. The molecule has 0 spiro atoms. The quantitative estimate of drug-likeness (QED) is 0.218. The van der Waals surface area contributed by atoms with E-state index in [0.717, 1.165) is 20.8 Å². The predicted molar refractivity (Wildman–Crippen MR) is 140 cm³/mol. The smallest absolute Gasteiger partial charge is 0.250 e. The summed E-state index contributed by atoms with van der Waals surface area (Å²) >= 11 is 25.4. The van der Waals surface area contributed by atoms with E-state index in [1.54, 1.807) is 42.5 Å². The first-order chi connectivity index (χ1) is 15.4. The van der Waals surface area contributed by atoms with E-state index in [2.05, 4.69) is 15.6 Å². The van der Waals surface area contributed by atoms with Crippen molar-refractivity contribution in [1.29, 1.82) is 0 Å². The van der Waals surface area contributed by atoms with Crippen molar-refractivity contribution in [3.05, 3.63) is 87.4 Å². The largest absolute Gasteiger partial charge is 0.331 e. The van der Waals surface area contributed by atoms with Crippen LogP contribution in [0.25, 0.3) is 26.9 Å². The number of benzene rings is 3. The lowest BCUT2D eigenvalue weighted by molar-refractivity contribution is -0.115. The van der Waals surface area contributed by atoms with Gasteiger partial charge in [0.1, 0.15) is 5.01 Å². The van der Waals surface area contributed by atoms with E-state index >= 15 is 0 Å². The van der Waals surface area contributed by atoms with Gasteiger partial charge in [-0.25, -0.2) is 4.98 Å². The Morgan fingerprint density at radius 2 is 1.75 bits per heavy atom. The summed E-state index contributed by atoms with van der Waals surface area (Å²) < 4.78 is 1.03. The molecule has 1 aromatic heterocycles. The van der Waals surface area contributed by atoms with Gasteiger partial charge in [-0.15, -0.1) is 11.3 Å². The Labute approximate surface area is 208 Å². The van der Waals surface area contributed by atoms with Gasteiger partial charge in [0.15, 0.2) is 5.11 Å². The molecule has 4 aromatic rings. The van der Waals surface area contributed by atoms with Gasteiger partial charge in [0.05, 0.1) is 20.9 Å². The molecule has 32 heavy (non-hydrogen) atoms. The third kappa shape index (κ3) is 5.46. The molecule has 0 saturated heterocycles. The van der Waals surface area contributed by atoms with Gasteiger partial charge >= 0.3 is 0 Å². The predicted octanol–water partition coefficient (Wildman–Crippen LogP) is 7.45. The number of rotatable bonds is 4. The Morgan fingerprint density at radius 1 is 1.00 bits per heavy atom. The van der Waals surface area contributed by atoms with Crippen LogP contribution in [0.3, 0.4) is 0 Å². The van der Waals surface area contributed by atoms with Gasteiger partial charge in [-0.3, -0.25) is 10.1 Å². The molecule has 0 aliphatic rings. The molecule has 160 valence electrons. The average Bonchev–Trinajstić information content (AvgIpc) is 3.19. The maximum absolute atomic E-state index is 12.3. The Hall–Kier alpha value is -2.48. The van der Waals surface area contributed by atoms with Crippen molar-refractivity contribution in [2.45, 2.75) is 0 Å². The normalized spacial score (nSPS) is 11.1. The number of amides is 1. The van der Waals surface area contributed by atoms with Crippen LogP contribution in [0.5, 0.6) is 0 Å². The second-order valence-corrected chi connectivity index (χ2v) is 9.34. The number of thiazole rings is 1. The van der Waals surface area contributed by atoms with Gasteiger partial charge in [-0.05, 0) is 60.3 Å². The number of hydrogen-bond acceptors (Lipinski definition) is 4. The van der Waals surface area contributed by atoms with Crippen molar-refractivity contribution in [2.24, 2.45) is 0 Å². The molecule has 0 aliphatic carbocycles. The van der Waals surface area contributed by atoms with Crippen LogP contribution in [0, 0.1) is 0 Å². The van der Waals surface area contributed by atoms with Gasteiger partial charge in [0.25, 0.3) is 0 Å². The van der Waals surface area contributed by atoms with Crippen molar-refractivity contribution < 1.29 is 4.79 Å². The minimum Gasteiger partial charge on any atom is -0.331 e. The van der Waals surface area contributed by atoms with Crippen LogP contribution in [0.15, 0.2) is 66.7 Å². The Bertz CT molecular complexity index is 1320. The minimum absolute atomic E-state index is 0.0994. The fourth-order valence-electron chi connectivity index (χ4n) is 2.90. The van der Waals surface area contributed by atoms with Crippen LogP contribution >= 0.6 is 58.4 Å². The molecular weight excluding hydrogens is 505 g/mol. The van der Waals surface area contributed by atoms with E-state index in [1.807, 2.05) is 24.3 Å². The maximum Gasteiger partial charge on any atom is 0.250 e. The Morgan fingerprint density at radius 3 is 2.50 bits per heavy atom. The summed E-state index contributed by atoms with van der Waals surface area (Å²) in [6, 6.07) is 18.3. The monoisotopic (exact) mass is 517 g/mol. The number of hydrogen-bond donors (Lipinski definition) is 2. The number of para-hydroxylation sites is 1. The summed E-state index contributed by atoms with van der Waals surface area (Å²) in [6.45, 7) is 0. The van der Waals surface area contributed by atoms with Crippen LogP contribution < -0.4 is 10.6 Å². The Kier molecular flexibility index (Phi) is 7.08. The van der Waals surface area contributed by atoms with E-state index in [1.165, 1.54) is 17.4 Å². The summed E-state index contributed by atoms with van der Waals surface area (Å²) in [6.07, 6.45) is 3.05. The van der Waals surface area contributed by atoms with E-state index in [-0.39, 0.29) is 11.0 Å². The lowest BCUT2D eigenvalue weighted by Gasteiger charge is -2.14. The maximum atomic E-state index is 12.3. The first-order valence-electron chi connectivity index (χ1n) is 9.29. The highest BCUT2D eigenvalue weighted by Gasteiger charge is 2.16. The zero-order valence-electron chi connectivity index (χ0n) is 16.2. The van der Waals surface area contributed by atoms with E-state index in [0.29, 0.717) is 26.3 Å². The second-order valence-electron chi connectivity index (χ2n) is 6.63. The van der Waals surface area contributed by atoms with Crippen LogP contribution in [0.4, 0.5) is 5.69 Å². The van der Waals surface area contributed by atoms with Gasteiger partial charge in [-0.2, -0.15) is 0 Å². The molecule has 4 rings (SSSR count). The highest BCUT2D eigenvalue weighted by molar-refractivity contribution is 7.80. The Balaban J connectivity index is 1.54. The molecule has 0 atom stereocenters. The number of nitrogens with one attached hydrogen (secondary N) is 2. The lowest BCUT2D eigenvalue weighted by atomic mass is 10.2. The molecule has 1 heterocycles. The van der Waals surface area contributed by atoms with Gasteiger partial charge in [0.2, 0.25) is 5.91 Å². The lowest BCUT2D eigenvalue weighted by Crippen LogP contribution is -2.33. The summed E-state index contributed by atoms with van der Waals surface area (Å²) in [5, 5.41) is 7.91. The SMILES string of the molecule is O=C(/C=C/c1ccc(Cl)cc1)NC(=S)Nc1c(Cl)cc(Cl)cc1-c1nc2ccccc2s1. The van der Waals surface area contributed by atoms with Crippen molar-refractivity contribution in [3.63, 3.8) is 0 Å². The molecule has 2 N–H and O–H groups in total. The fraction of sp³-hybridized carbons (Fsp3) is 0. The van der Waals surface area contributed by atoms with E-state index < -0.39 is 0 Å². The molecule has 0 fully saturated rings. The zero-order chi connectivity index (χ0) is 22.7. The van der Waals surface area contributed by atoms with Crippen molar-refractivity contribution >= 4 is 91.4 Å². The van der Waals surface area contributed by atoms with Crippen LogP contribution in [-0.2, 0) is 4.79 Å². The average molecular weight is 519 g/mol.